The molecule has 23 heavy (non-hydrogen) atoms. The van der Waals surface area contributed by atoms with Crippen LogP contribution in [0.1, 0.15) is 5.56 Å². The number of rotatable bonds is 4. The van der Waals surface area contributed by atoms with Gasteiger partial charge in [0.15, 0.2) is 0 Å². The highest BCUT2D eigenvalue weighted by Gasteiger charge is 2.32. The second-order valence-corrected chi connectivity index (χ2v) is 6.06. The zero-order chi connectivity index (χ0) is 16.2. The van der Waals surface area contributed by atoms with E-state index < -0.39 is 0 Å². The normalized spacial score (nSPS) is 14.3. The Hall–Kier alpha value is -1.98. The van der Waals surface area contributed by atoms with Gasteiger partial charge < -0.3 is 15.0 Å². The Balaban J connectivity index is 1.43. The summed E-state index contributed by atoms with van der Waals surface area (Å²) in [5.41, 5.74) is 0.997. The number of nitrogens with one attached hydrogen (secondary N) is 1. The number of amides is 2. The van der Waals surface area contributed by atoms with E-state index in [-0.39, 0.29) is 12.1 Å². The molecule has 0 bridgehead atoms. The number of benzene rings is 1. The lowest BCUT2D eigenvalue weighted by molar-refractivity contribution is 0.0414. The molecule has 2 heterocycles. The van der Waals surface area contributed by atoms with Crippen molar-refractivity contribution in [1.82, 2.24) is 15.2 Å². The van der Waals surface area contributed by atoms with E-state index in [1.165, 1.54) is 0 Å². The van der Waals surface area contributed by atoms with Gasteiger partial charge in [0.05, 0.1) is 13.1 Å². The number of likely N-dealkylation sites (tertiary alicyclic amines) is 1. The number of urea groups is 1. The number of pyridine rings is 1. The van der Waals surface area contributed by atoms with E-state index in [0.717, 1.165) is 5.56 Å². The molecule has 0 unspecified atom stereocenters. The van der Waals surface area contributed by atoms with Crippen LogP contribution in [0.5, 0.6) is 5.88 Å². The van der Waals surface area contributed by atoms with E-state index in [0.29, 0.717) is 35.6 Å². The summed E-state index contributed by atoms with van der Waals surface area (Å²) < 4.78 is 5.66. The third kappa shape index (κ3) is 4.06. The molecule has 2 amide bonds. The van der Waals surface area contributed by atoms with Crippen LogP contribution >= 0.6 is 23.2 Å². The zero-order valence-corrected chi connectivity index (χ0v) is 13.7. The molecule has 1 aromatic heterocycles. The minimum atomic E-state index is -0.119. The monoisotopic (exact) mass is 351 g/mol. The maximum Gasteiger partial charge on any atom is 0.317 e. The number of nitrogens with zero attached hydrogens (tertiary/aromatic N) is 2. The Morgan fingerprint density at radius 1 is 1.26 bits per heavy atom. The summed E-state index contributed by atoms with van der Waals surface area (Å²) in [6.07, 6.45) is 1.54. The first kappa shape index (κ1) is 15.9. The Labute approximate surface area is 144 Å². The molecule has 1 aliphatic heterocycles. The van der Waals surface area contributed by atoms with Crippen LogP contribution in [0, 0.1) is 0 Å². The molecule has 0 saturated carbocycles. The van der Waals surface area contributed by atoms with Crippen LogP contribution in [0.15, 0.2) is 42.6 Å². The number of carbonyl (C=O) groups excluding carboxylic acids is 1. The average Bonchev–Trinajstić information content (AvgIpc) is 2.51. The van der Waals surface area contributed by atoms with Gasteiger partial charge in [-0.1, -0.05) is 35.3 Å². The quantitative estimate of drug-likeness (QED) is 0.918. The van der Waals surface area contributed by atoms with Crippen LogP contribution in [0.2, 0.25) is 10.0 Å². The first-order chi connectivity index (χ1) is 11.1. The van der Waals surface area contributed by atoms with Crippen molar-refractivity contribution in [2.45, 2.75) is 12.6 Å². The zero-order valence-electron chi connectivity index (χ0n) is 12.2. The van der Waals surface area contributed by atoms with Crippen LogP contribution < -0.4 is 10.1 Å². The number of ether oxygens (including phenoxy) is 1. The lowest BCUT2D eigenvalue weighted by Gasteiger charge is -2.38. The third-order valence-electron chi connectivity index (χ3n) is 3.50. The van der Waals surface area contributed by atoms with E-state index in [1.807, 2.05) is 12.1 Å². The van der Waals surface area contributed by atoms with Crippen molar-refractivity contribution >= 4 is 29.2 Å². The van der Waals surface area contributed by atoms with Gasteiger partial charge >= 0.3 is 6.03 Å². The molecule has 0 aliphatic carbocycles. The number of hydrogen-bond acceptors (Lipinski definition) is 3. The Kier molecular flexibility index (Phi) is 4.88. The smallest absolute Gasteiger partial charge is 0.317 e. The van der Waals surface area contributed by atoms with Gasteiger partial charge in [0.1, 0.15) is 11.1 Å². The average molecular weight is 352 g/mol. The van der Waals surface area contributed by atoms with Gasteiger partial charge in [-0.15, -0.1) is 0 Å². The molecule has 1 aliphatic rings. The minimum Gasteiger partial charge on any atom is -0.470 e. The fraction of sp³-hybridized carbons (Fsp3) is 0.250. The van der Waals surface area contributed by atoms with Gasteiger partial charge in [0.25, 0.3) is 0 Å². The molecule has 5 nitrogen and oxygen atoms in total. The van der Waals surface area contributed by atoms with Crippen LogP contribution in [0.25, 0.3) is 0 Å². The Morgan fingerprint density at radius 2 is 2.00 bits per heavy atom. The van der Waals surface area contributed by atoms with Gasteiger partial charge in [0, 0.05) is 17.8 Å². The lowest BCUT2D eigenvalue weighted by Crippen LogP contribution is -2.58. The molecule has 1 fully saturated rings. The third-order valence-corrected chi connectivity index (χ3v) is 4.03. The van der Waals surface area contributed by atoms with Crippen molar-refractivity contribution in [3.8, 4) is 5.88 Å². The predicted molar refractivity (Wildman–Crippen MR) is 88.9 cm³/mol. The molecule has 120 valence electrons. The molecule has 0 atom stereocenters. The van der Waals surface area contributed by atoms with Crippen LogP contribution in [-0.4, -0.2) is 35.1 Å². The largest absolute Gasteiger partial charge is 0.470 e. The number of halogens is 2. The molecule has 7 heteroatoms. The van der Waals surface area contributed by atoms with Crippen molar-refractivity contribution in [1.29, 1.82) is 0 Å². The Morgan fingerprint density at radius 3 is 2.70 bits per heavy atom. The molecule has 3 rings (SSSR count). The first-order valence-corrected chi connectivity index (χ1v) is 7.92. The van der Waals surface area contributed by atoms with Crippen molar-refractivity contribution in [2.24, 2.45) is 0 Å². The van der Waals surface area contributed by atoms with Crippen molar-refractivity contribution in [3.63, 3.8) is 0 Å². The van der Waals surface area contributed by atoms with Crippen molar-refractivity contribution in [2.75, 3.05) is 13.1 Å². The molecule has 0 spiro atoms. The maximum absolute atomic E-state index is 12.0. The van der Waals surface area contributed by atoms with Crippen LogP contribution in [-0.2, 0) is 6.54 Å². The highest BCUT2D eigenvalue weighted by Crippen LogP contribution is 2.23. The molecular formula is C16H15Cl2N3O2. The molecule has 1 N–H and O–H groups in total. The predicted octanol–water partition coefficient (Wildman–Crippen LogP) is 3.36. The molecule has 2 aromatic rings. The van der Waals surface area contributed by atoms with Crippen LogP contribution in [0.4, 0.5) is 4.79 Å². The lowest BCUT2D eigenvalue weighted by atomic mass is 10.2. The number of carbonyl (C=O) groups is 1. The van der Waals surface area contributed by atoms with Crippen LogP contribution in [0.3, 0.4) is 0 Å². The fourth-order valence-electron chi connectivity index (χ4n) is 2.19. The van der Waals surface area contributed by atoms with Gasteiger partial charge in [-0.3, -0.25) is 0 Å². The second kappa shape index (κ2) is 7.06. The Bertz CT molecular complexity index is 688. The van der Waals surface area contributed by atoms with Crippen molar-refractivity contribution in [3.05, 3.63) is 58.2 Å². The van der Waals surface area contributed by atoms with Crippen molar-refractivity contribution < 1.29 is 9.53 Å². The van der Waals surface area contributed by atoms with E-state index in [2.05, 4.69) is 10.3 Å². The second-order valence-electron chi connectivity index (χ2n) is 5.22. The standard InChI is InChI=1S/C16H15Cl2N3O2/c17-12-5-3-11(4-6-12)8-20-16(22)21-9-13(10-21)23-15-14(18)2-1-7-19-15/h1-7,13H,8-10H2,(H,20,22). The maximum atomic E-state index is 12.0. The number of aromatic nitrogens is 1. The van der Waals surface area contributed by atoms with E-state index in [9.17, 15) is 4.79 Å². The minimum absolute atomic E-state index is 0.0799. The molecule has 1 aromatic carbocycles. The SMILES string of the molecule is O=C(NCc1ccc(Cl)cc1)N1CC(Oc2ncccc2Cl)C1. The van der Waals surface area contributed by atoms with Gasteiger partial charge in [-0.05, 0) is 29.8 Å². The van der Waals surface area contributed by atoms with Gasteiger partial charge in [-0.25, -0.2) is 9.78 Å². The van der Waals surface area contributed by atoms with Gasteiger partial charge in [0.2, 0.25) is 5.88 Å². The summed E-state index contributed by atoms with van der Waals surface area (Å²) in [4.78, 5) is 17.8. The molecule has 0 radical (unpaired) electrons. The fourth-order valence-corrected chi connectivity index (χ4v) is 2.48. The summed E-state index contributed by atoms with van der Waals surface area (Å²) in [5, 5.41) is 4.01. The van der Waals surface area contributed by atoms with E-state index in [4.69, 9.17) is 27.9 Å². The topological polar surface area (TPSA) is 54.5 Å². The summed E-state index contributed by atoms with van der Waals surface area (Å²) in [7, 11) is 0. The summed E-state index contributed by atoms with van der Waals surface area (Å²) in [6, 6.07) is 10.7. The molecular weight excluding hydrogens is 337 g/mol. The summed E-state index contributed by atoms with van der Waals surface area (Å²) >= 11 is 11.8. The molecule has 1 saturated heterocycles. The van der Waals surface area contributed by atoms with E-state index in [1.54, 1.807) is 35.4 Å². The summed E-state index contributed by atoms with van der Waals surface area (Å²) in [6.45, 7) is 1.49. The highest BCUT2D eigenvalue weighted by molar-refractivity contribution is 6.31. The first-order valence-electron chi connectivity index (χ1n) is 7.16. The van der Waals surface area contributed by atoms with E-state index >= 15 is 0 Å². The highest BCUT2D eigenvalue weighted by atomic mass is 35.5. The summed E-state index contributed by atoms with van der Waals surface area (Å²) in [5.74, 6) is 0.403. The number of hydrogen-bond donors (Lipinski definition) is 1. The van der Waals surface area contributed by atoms with Gasteiger partial charge in [-0.2, -0.15) is 0 Å².